The third-order valence-electron chi connectivity index (χ3n) is 6.62. The molecule has 0 fully saturated rings. The molecule has 3 aromatic heterocycles. The van der Waals surface area contributed by atoms with E-state index >= 15 is 0 Å². The standard InChI is InChI=1S/C30H29N5O3/c1-18-6-9-25(37-4)19(2)27(18)29-28-23(15-24(35-29)20-10-12-31-13-11-20)30(34-17-33-28)32-16-21-7-8-22(36-3)14-26(21)38-5/h6-15,17H,16H2,1-5H3,(H,32,33,34). The van der Waals surface area contributed by atoms with Crippen LogP contribution in [0, 0.1) is 13.8 Å². The zero-order chi connectivity index (χ0) is 26.6. The Kier molecular flexibility index (Phi) is 7.04. The van der Waals surface area contributed by atoms with Gasteiger partial charge in [0.05, 0.1) is 32.7 Å². The summed E-state index contributed by atoms with van der Waals surface area (Å²) in [6.45, 7) is 4.62. The number of rotatable bonds is 8. The topological polar surface area (TPSA) is 91.3 Å². The highest BCUT2D eigenvalue weighted by Crippen LogP contribution is 2.38. The van der Waals surface area contributed by atoms with Gasteiger partial charge in [-0.25, -0.2) is 15.0 Å². The van der Waals surface area contributed by atoms with E-state index in [0.29, 0.717) is 12.4 Å². The molecule has 0 atom stereocenters. The quantitative estimate of drug-likeness (QED) is 0.273. The van der Waals surface area contributed by atoms with Crippen LogP contribution in [0.1, 0.15) is 16.7 Å². The molecule has 8 heteroatoms. The van der Waals surface area contributed by atoms with Crippen molar-refractivity contribution < 1.29 is 14.2 Å². The van der Waals surface area contributed by atoms with Crippen LogP contribution < -0.4 is 19.5 Å². The van der Waals surface area contributed by atoms with Gasteiger partial charge in [0.1, 0.15) is 34.9 Å². The van der Waals surface area contributed by atoms with Gasteiger partial charge in [-0.3, -0.25) is 4.98 Å². The van der Waals surface area contributed by atoms with E-state index in [9.17, 15) is 0 Å². The van der Waals surface area contributed by atoms with Gasteiger partial charge in [-0.15, -0.1) is 0 Å². The SMILES string of the molecule is COc1ccc(CNc2ncnc3c(-c4c(C)ccc(OC)c4C)nc(-c4ccncc4)cc23)c(OC)c1. The molecule has 0 spiro atoms. The van der Waals surface area contributed by atoms with Gasteiger partial charge in [0, 0.05) is 52.6 Å². The van der Waals surface area contributed by atoms with Crippen LogP contribution in [0.15, 0.2) is 67.3 Å². The van der Waals surface area contributed by atoms with Crippen LogP contribution >= 0.6 is 0 Å². The molecule has 0 bridgehead atoms. The fourth-order valence-electron chi connectivity index (χ4n) is 4.64. The summed E-state index contributed by atoms with van der Waals surface area (Å²) in [5, 5.41) is 4.35. The van der Waals surface area contributed by atoms with Crippen LogP contribution in [0.25, 0.3) is 33.4 Å². The molecule has 0 aliphatic carbocycles. The summed E-state index contributed by atoms with van der Waals surface area (Å²) in [4.78, 5) is 18.6. The second-order valence-corrected chi connectivity index (χ2v) is 8.83. The van der Waals surface area contributed by atoms with Gasteiger partial charge in [-0.05, 0) is 55.8 Å². The van der Waals surface area contributed by atoms with Crippen molar-refractivity contribution >= 4 is 16.7 Å². The number of nitrogens with one attached hydrogen (secondary N) is 1. The molecule has 0 aliphatic heterocycles. The number of hydrogen-bond donors (Lipinski definition) is 1. The largest absolute Gasteiger partial charge is 0.497 e. The molecule has 8 nitrogen and oxygen atoms in total. The van der Waals surface area contributed by atoms with Crippen LogP contribution in [0.3, 0.4) is 0 Å². The Balaban J connectivity index is 1.68. The lowest BCUT2D eigenvalue weighted by Crippen LogP contribution is -2.06. The van der Waals surface area contributed by atoms with Crippen molar-refractivity contribution in [3.8, 4) is 39.8 Å². The second kappa shape index (κ2) is 10.7. The molecule has 192 valence electrons. The van der Waals surface area contributed by atoms with Crippen molar-refractivity contribution in [1.82, 2.24) is 19.9 Å². The molecule has 3 heterocycles. The van der Waals surface area contributed by atoms with Crippen molar-refractivity contribution in [2.24, 2.45) is 0 Å². The molecule has 0 radical (unpaired) electrons. The third-order valence-corrected chi connectivity index (χ3v) is 6.62. The number of methoxy groups -OCH3 is 3. The predicted octanol–water partition coefficient (Wildman–Crippen LogP) is 6.01. The number of fused-ring (bicyclic) bond motifs is 1. The van der Waals surface area contributed by atoms with Gasteiger partial charge < -0.3 is 19.5 Å². The molecule has 38 heavy (non-hydrogen) atoms. The number of anilines is 1. The van der Waals surface area contributed by atoms with E-state index in [1.54, 1.807) is 40.1 Å². The lowest BCUT2D eigenvalue weighted by Gasteiger charge is -2.17. The third kappa shape index (κ3) is 4.68. The first-order valence-electron chi connectivity index (χ1n) is 12.2. The monoisotopic (exact) mass is 507 g/mol. The number of hydrogen-bond acceptors (Lipinski definition) is 8. The fourth-order valence-corrected chi connectivity index (χ4v) is 4.64. The maximum absolute atomic E-state index is 5.64. The summed E-state index contributed by atoms with van der Waals surface area (Å²) in [7, 11) is 4.96. The van der Waals surface area contributed by atoms with Crippen LogP contribution in [0.2, 0.25) is 0 Å². The predicted molar refractivity (Wildman–Crippen MR) is 149 cm³/mol. The molecule has 0 saturated heterocycles. The number of pyridine rings is 2. The number of nitrogens with zero attached hydrogens (tertiary/aromatic N) is 4. The molecule has 0 unspecified atom stereocenters. The minimum absolute atomic E-state index is 0.499. The molecule has 0 amide bonds. The highest BCUT2D eigenvalue weighted by Gasteiger charge is 2.19. The Hall–Kier alpha value is -4.72. The molecule has 1 N–H and O–H groups in total. The van der Waals surface area contributed by atoms with Gasteiger partial charge >= 0.3 is 0 Å². The Labute approximate surface area is 221 Å². The van der Waals surface area contributed by atoms with Crippen LogP contribution in [-0.4, -0.2) is 41.3 Å². The average molecular weight is 508 g/mol. The number of aryl methyl sites for hydroxylation is 1. The van der Waals surface area contributed by atoms with Crippen molar-refractivity contribution in [1.29, 1.82) is 0 Å². The summed E-state index contributed by atoms with van der Waals surface area (Å²) in [5.74, 6) is 2.97. The van der Waals surface area contributed by atoms with E-state index in [2.05, 4.69) is 22.2 Å². The van der Waals surface area contributed by atoms with Crippen molar-refractivity contribution in [3.05, 3.63) is 83.9 Å². The highest BCUT2D eigenvalue weighted by atomic mass is 16.5. The molecule has 0 saturated carbocycles. The van der Waals surface area contributed by atoms with Crippen molar-refractivity contribution in [3.63, 3.8) is 0 Å². The van der Waals surface area contributed by atoms with Gasteiger partial charge in [-0.1, -0.05) is 6.07 Å². The van der Waals surface area contributed by atoms with Crippen LogP contribution in [-0.2, 0) is 6.54 Å². The summed E-state index contributed by atoms with van der Waals surface area (Å²) < 4.78 is 16.6. The van der Waals surface area contributed by atoms with E-state index in [1.807, 2.05) is 55.5 Å². The Morgan fingerprint density at radius 1 is 0.816 bits per heavy atom. The lowest BCUT2D eigenvalue weighted by atomic mass is 9.96. The normalized spacial score (nSPS) is 10.9. The Bertz CT molecular complexity index is 1610. The molecule has 5 aromatic rings. The summed E-state index contributed by atoms with van der Waals surface area (Å²) in [6, 6.07) is 15.7. The van der Waals surface area contributed by atoms with E-state index in [-0.39, 0.29) is 0 Å². The molecular formula is C30H29N5O3. The lowest BCUT2D eigenvalue weighted by molar-refractivity contribution is 0.391. The maximum Gasteiger partial charge on any atom is 0.137 e. The van der Waals surface area contributed by atoms with Gasteiger partial charge in [0.15, 0.2) is 0 Å². The van der Waals surface area contributed by atoms with Gasteiger partial charge in [0.25, 0.3) is 0 Å². The molecule has 0 aliphatic rings. The highest BCUT2D eigenvalue weighted by molar-refractivity contribution is 6.00. The van der Waals surface area contributed by atoms with Gasteiger partial charge in [-0.2, -0.15) is 0 Å². The second-order valence-electron chi connectivity index (χ2n) is 8.83. The zero-order valence-corrected chi connectivity index (χ0v) is 22.1. The summed E-state index contributed by atoms with van der Waals surface area (Å²) >= 11 is 0. The molecule has 5 rings (SSSR count). The smallest absolute Gasteiger partial charge is 0.137 e. The summed E-state index contributed by atoms with van der Waals surface area (Å²) in [6.07, 6.45) is 5.09. The van der Waals surface area contributed by atoms with Gasteiger partial charge in [0.2, 0.25) is 0 Å². The minimum atomic E-state index is 0.499. The van der Waals surface area contributed by atoms with Crippen molar-refractivity contribution in [2.75, 3.05) is 26.6 Å². The summed E-state index contributed by atoms with van der Waals surface area (Å²) in [5.41, 5.74) is 7.33. The van der Waals surface area contributed by atoms with E-state index in [4.69, 9.17) is 24.2 Å². The van der Waals surface area contributed by atoms with E-state index in [0.717, 1.165) is 67.4 Å². The Morgan fingerprint density at radius 3 is 2.34 bits per heavy atom. The number of aromatic nitrogens is 4. The number of benzene rings is 2. The Morgan fingerprint density at radius 2 is 1.61 bits per heavy atom. The first-order chi connectivity index (χ1) is 18.5. The maximum atomic E-state index is 5.64. The molecule has 2 aromatic carbocycles. The van der Waals surface area contributed by atoms with Crippen LogP contribution in [0.5, 0.6) is 17.2 Å². The zero-order valence-electron chi connectivity index (χ0n) is 22.1. The average Bonchev–Trinajstić information content (AvgIpc) is 2.96. The van der Waals surface area contributed by atoms with E-state index in [1.165, 1.54) is 0 Å². The molecular weight excluding hydrogens is 478 g/mol. The fraction of sp³-hybridized carbons (Fsp3) is 0.200. The van der Waals surface area contributed by atoms with E-state index < -0.39 is 0 Å². The first-order valence-corrected chi connectivity index (χ1v) is 12.2. The van der Waals surface area contributed by atoms with Crippen molar-refractivity contribution in [2.45, 2.75) is 20.4 Å². The van der Waals surface area contributed by atoms with Crippen LogP contribution in [0.4, 0.5) is 5.82 Å². The minimum Gasteiger partial charge on any atom is -0.497 e. The number of ether oxygens (including phenoxy) is 3. The first kappa shape index (κ1) is 25.0.